The quantitative estimate of drug-likeness (QED) is 0.759. The number of imidazole rings is 1. The number of nitrogens with zero attached hydrogens (tertiary/aromatic N) is 3. The smallest absolute Gasteiger partial charge is 0.434 e. The monoisotopic (exact) mass is 367 g/mol. The van der Waals surface area contributed by atoms with Crippen LogP contribution < -0.4 is 0 Å². The van der Waals surface area contributed by atoms with Crippen molar-refractivity contribution in [3.8, 4) is 0 Å². The molecule has 0 amide bonds. The van der Waals surface area contributed by atoms with E-state index < -0.39 is 23.4 Å². The van der Waals surface area contributed by atoms with Gasteiger partial charge in [-0.2, -0.15) is 13.2 Å². The Morgan fingerprint density at radius 2 is 2.05 bits per heavy atom. The Labute approximate surface area is 127 Å². The van der Waals surface area contributed by atoms with Crippen molar-refractivity contribution in [1.29, 1.82) is 0 Å². The summed E-state index contributed by atoms with van der Waals surface area (Å²) in [4.78, 5) is 18.6. The molecule has 0 N–H and O–H groups in total. The van der Waals surface area contributed by atoms with E-state index in [4.69, 9.17) is 0 Å². The fraction of sp³-hybridized carbons (Fsp3) is 0.417. The summed E-state index contributed by atoms with van der Waals surface area (Å²) in [6, 6.07) is 0. The van der Waals surface area contributed by atoms with Crippen LogP contribution in [0.4, 0.5) is 13.2 Å². The van der Waals surface area contributed by atoms with Crippen molar-refractivity contribution in [2.24, 2.45) is 0 Å². The van der Waals surface area contributed by atoms with Crippen LogP contribution in [0.5, 0.6) is 0 Å². The van der Waals surface area contributed by atoms with Gasteiger partial charge in [-0.25, -0.2) is 14.8 Å². The molecule has 2 aromatic rings. The van der Waals surface area contributed by atoms with Gasteiger partial charge in [0.05, 0.1) is 12.8 Å². The molecule has 0 bridgehead atoms. The number of ether oxygens (including phenoxy) is 1. The number of aromatic nitrogens is 3. The number of carbonyl (C=O) groups is 1. The van der Waals surface area contributed by atoms with E-state index in [1.807, 2.05) is 13.8 Å². The number of rotatable bonds is 2. The van der Waals surface area contributed by atoms with E-state index in [0.717, 1.165) is 6.20 Å². The maximum absolute atomic E-state index is 12.9. The summed E-state index contributed by atoms with van der Waals surface area (Å²) >= 11 is 3.09. The van der Waals surface area contributed by atoms with Gasteiger partial charge in [-0.05, 0) is 22.9 Å². The average Bonchev–Trinajstić information content (AvgIpc) is 2.80. The highest BCUT2D eigenvalue weighted by molar-refractivity contribution is 9.10. The summed E-state index contributed by atoms with van der Waals surface area (Å²) in [7, 11) is 0. The van der Waals surface area contributed by atoms with Gasteiger partial charge < -0.3 is 4.74 Å². The third-order valence-corrected chi connectivity index (χ3v) is 2.81. The van der Waals surface area contributed by atoms with E-state index in [0.29, 0.717) is 4.60 Å². The zero-order valence-corrected chi connectivity index (χ0v) is 13.1. The highest BCUT2D eigenvalue weighted by Gasteiger charge is 2.38. The normalized spacial score (nSPS) is 11.0. The van der Waals surface area contributed by atoms with Crippen LogP contribution >= 0.6 is 15.9 Å². The molecule has 0 atom stereocenters. The largest absolute Gasteiger partial charge is 0.462 e. The summed E-state index contributed by atoms with van der Waals surface area (Å²) < 4.78 is 44.8. The van der Waals surface area contributed by atoms with E-state index >= 15 is 0 Å². The summed E-state index contributed by atoms with van der Waals surface area (Å²) in [5.74, 6) is -1.24. The molecule has 0 aliphatic rings. The molecule has 0 aliphatic heterocycles. The van der Waals surface area contributed by atoms with Crippen molar-refractivity contribution in [1.82, 2.24) is 14.4 Å². The van der Waals surface area contributed by atoms with Crippen LogP contribution in [-0.2, 0) is 10.9 Å². The number of alkyl halides is 3. The Kier molecular flexibility index (Phi) is 5.70. The minimum Gasteiger partial charge on any atom is -0.462 e. The molecule has 2 aromatic heterocycles. The van der Waals surface area contributed by atoms with Crippen LogP contribution in [0.25, 0.3) is 5.78 Å². The lowest BCUT2D eigenvalue weighted by Gasteiger charge is -2.11. The molecular weight excluding hydrogens is 355 g/mol. The van der Waals surface area contributed by atoms with Gasteiger partial charge in [-0.3, -0.25) is 4.40 Å². The van der Waals surface area contributed by atoms with Crippen LogP contribution in [0.15, 0.2) is 17.0 Å². The second-order valence-corrected chi connectivity index (χ2v) is 4.28. The predicted octanol–water partition coefficient (Wildman–Crippen LogP) is 3.71. The molecule has 2 rings (SSSR count). The third kappa shape index (κ3) is 3.72. The predicted molar refractivity (Wildman–Crippen MR) is 73.0 cm³/mol. The fourth-order valence-electron chi connectivity index (χ4n) is 1.46. The number of carbonyl (C=O) groups excluding carboxylic acids is 1. The van der Waals surface area contributed by atoms with Crippen LogP contribution in [0.3, 0.4) is 0 Å². The number of halogens is 4. The Morgan fingerprint density at radius 1 is 1.43 bits per heavy atom. The molecule has 0 saturated heterocycles. The summed E-state index contributed by atoms with van der Waals surface area (Å²) in [5.41, 5.74) is -1.96. The van der Waals surface area contributed by atoms with Gasteiger partial charge >= 0.3 is 12.1 Å². The molecule has 116 valence electrons. The number of fused-ring (bicyclic) bond motifs is 1. The van der Waals surface area contributed by atoms with Crippen LogP contribution in [0.1, 0.15) is 36.8 Å². The third-order valence-electron chi connectivity index (χ3n) is 2.22. The maximum Gasteiger partial charge on any atom is 0.434 e. The molecule has 5 nitrogen and oxygen atoms in total. The van der Waals surface area contributed by atoms with Gasteiger partial charge in [-0.1, -0.05) is 13.8 Å². The number of hydrogen-bond acceptors (Lipinski definition) is 4. The molecule has 0 spiro atoms. The topological polar surface area (TPSA) is 56.5 Å². The second kappa shape index (κ2) is 6.88. The van der Waals surface area contributed by atoms with Gasteiger partial charge in [0.2, 0.25) is 5.78 Å². The van der Waals surface area contributed by atoms with Crippen molar-refractivity contribution in [2.45, 2.75) is 26.9 Å². The van der Waals surface area contributed by atoms with Crippen molar-refractivity contribution in [3.05, 3.63) is 28.3 Å². The SMILES string of the molecule is CC.CCOC(=O)c1cn2c(Br)cnc2nc1C(F)(F)F. The second-order valence-electron chi connectivity index (χ2n) is 3.47. The Hall–Kier alpha value is -1.64. The maximum atomic E-state index is 12.9. The first-order chi connectivity index (χ1) is 9.84. The van der Waals surface area contributed by atoms with Gasteiger partial charge in [0.15, 0.2) is 5.69 Å². The van der Waals surface area contributed by atoms with Crippen molar-refractivity contribution in [3.63, 3.8) is 0 Å². The molecule has 9 heteroatoms. The molecule has 2 heterocycles. The van der Waals surface area contributed by atoms with Gasteiger partial charge in [-0.15, -0.1) is 0 Å². The van der Waals surface area contributed by atoms with Gasteiger partial charge in [0.25, 0.3) is 0 Å². The van der Waals surface area contributed by atoms with Crippen molar-refractivity contribution < 1.29 is 22.7 Å². The standard InChI is InChI=1S/C10H7BrF3N3O2.C2H6/c1-2-19-8(18)5-4-17-6(11)3-15-9(17)16-7(5)10(12,13)14;1-2/h3-4H,2H2,1H3;1-2H3. The van der Waals surface area contributed by atoms with E-state index in [-0.39, 0.29) is 12.4 Å². The highest BCUT2D eigenvalue weighted by atomic mass is 79.9. The summed E-state index contributed by atoms with van der Waals surface area (Å²) in [6.45, 7) is 5.48. The van der Waals surface area contributed by atoms with Gasteiger partial charge in [0.1, 0.15) is 10.2 Å². The van der Waals surface area contributed by atoms with E-state index in [1.165, 1.54) is 17.5 Å². The van der Waals surface area contributed by atoms with E-state index in [9.17, 15) is 18.0 Å². The lowest BCUT2D eigenvalue weighted by atomic mass is 10.2. The van der Waals surface area contributed by atoms with Crippen LogP contribution in [0, 0.1) is 0 Å². The average molecular weight is 368 g/mol. The molecule has 0 aliphatic carbocycles. The highest BCUT2D eigenvalue weighted by Crippen LogP contribution is 2.31. The van der Waals surface area contributed by atoms with Crippen molar-refractivity contribution in [2.75, 3.05) is 6.61 Å². The van der Waals surface area contributed by atoms with E-state index in [2.05, 4.69) is 30.6 Å². The molecule has 21 heavy (non-hydrogen) atoms. The molecule has 0 unspecified atom stereocenters. The Morgan fingerprint density at radius 3 is 2.57 bits per heavy atom. The Bertz CT molecular complexity index is 640. The molecule has 0 radical (unpaired) electrons. The summed E-state index contributed by atoms with van der Waals surface area (Å²) in [5, 5.41) is 0. The first-order valence-electron chi connectivity index (χ1n) is 6.12. The van der Waals surface area contributed by atoms with Crippen molar-refractivity contribution >= 4 is 27.7 Å². The molecular formula is C12H13BrF3N3O2. The lowest BCUT2D eigenvalue weighted by molar-refractivity contribution is -0.141. The number of esters is 1. The lowest BCUT2D eigenvalue weighted by Crippen LogP contribution is -2.18. The minimum absolute atomic E-state index is 0.0285. The molecule has 0 saturated carbocycles. The zero-order chi connectivity index (χ0) is 16.2. The van der Waals surface area contributed by atoms with Crippen LogP contribution in [0.2, 0.25) is 0 Å². The molecule has 0 aromatic carbocycles. The van der Waals surface area contributed by atoms with Crippen LogP contribution in [-0.4, -0.2) is 26.9 Å². The fourth-order valence-corrected chi connectivity index (χ4v) is 1.82. The minimum atomic E-state index is -4.76. The summed E-state index contributed by atoms with van der Waals surface area (Å²) in [6.07, 6.45) is -2.47. The number of hydrogen-bond donors (Lipinski definition) is 0. The van der Waals surface area contributed by atoms with E-state index in [1.54, 1.807) is 0 Å². The van der Waals surface area contributed by atoms with Gasteiger partial charge in [0, 0.05) is 6.20 Å². The first-order valence-corrected chi connectivity index (χ1v) is 6.91. The Balaban J connectivity index is 0.00000106. The first kappa shape index (κ1) is 17.4. The molecule has 0 fully saturated rings. The zero-order valence-electron chi connectivity index (χ0n) is 11.5.